The number of anilines is 3. The molecule has 0 heterocycles. The summed E-state index contributed by atoms with van der Waals surface area (Å²) < 4.78 is 0. The van der Waals surface area contributed by atoms with Crippen molar-refractivity contribution in [1.82, 2.24) is 0 Å². The molecule has 10 rings (SSSR count). The molecular weight excluding hydrogens is 747 g/mol. The second kappa shape index (κ2) is 14.3. The lowest BCUT2D eigenvalue weighted by Gasteiger charge is -2.31. The minimum Gasteiger partial charge on any atom is -0.309 e. The summed E-state index contributed by atoms with van der Waals surface area (Å²) >= 11 is 0. The summed E-state index contributed by atoms with van der Waals surface area (Å²) in [6, 6.07) is 62.4. The van der Waals surface area contributed by atoms with Crippen molar-refractivity contribution in [2.45, 2.75) is 85.5 Å². The van der Waals surface area contributed by atoms with Crippen LogP contribution in [-0.4, -0.2) is 0 Å². The standard InChI is InChI=1S/C61H57N/c1-38-34-54(51-33-23-42-37-45(61(8,9)10)36-41-22-32-48(38)57(51)55(41)42)39-16-15-17-40(35-39)56-49-18-11-13-20-52(49)58(53-21-14-12-19-50(53)56)62(46-28-24-43(25-29-46)59(2,3)4)47-30-26-44(27-31-47)60(5,6)7/h11-37H,1-10H3. The number of rotatable bonds is 5. The van der Waals surface area contributed by atoms with Gasteiger partial charge in [0.2, 0.25) is 0 Å². The van der Waals surface area contributed by atoms with Gasteiger partial charge in [-0.05, 0) is 141 Å². The molecule has 1 heteroatoms. The van der Waals surface area contributed by atoms with Crippen molar-refractivity contribution in [3.63, 3.8) is 0 Å². The van der Waals surface area contributed by atoms with Gasteiger partial charge in [-0.2, -0.15) is 0 Å². The first-order valence-corrected chi connectivity index (χ1v) is 22.3. The SMILES string of the molecule is Cc1cc(-c2cccc(-c3c4ccccc4c(N(c4ccc(C(C)(C)C)cc4)c4ccc(C(C)(C)C)cc4)c4ccccc34)c2)c2ccc3cc(C(C)(C)C)cc4ccc1c2c43. The first-order chi connectivity index (χ1) is 29.6. The molecule has 0 aliphatic rings. The monoisotopic (exact) mass is 803 g/mol. The fourth-order valence-corrected chi connectivity index (χ4v) is 9.89. The number of aryl methyl sites for hydroxylation is 1. The first-order valence-electron chi connectivity index (χ1n) is 22.3. The van der Waals surface area contributed by atoms with Crippen LogP contribution in [0.4, 0.5) is 17.1 Å². The van der Waals surface area contributed by atoms with Crippen molar-refractivity contribution in [2.24, 2.45) is 0 Å². The molecule has 1 nitrogen and oxygen atoms in total. The van der Waals surface area contributed by atoms with Crippen molar-refractivity contribution in [3.05, 3.63) is 186 Å². The summed E-state index contributed by atoms with van der Waals surface area (Å²) in [5, 5.41) is 12.9. The van der Waals surface area contributed by atoms with E-state index in [1.807, 2.05) is 0 Å². The highest BCUT2D eigenvalue weighted by molar-refractivity contribution is 6.27. The van der Waals surface area contributed by atoms with Gasteiger partial charge in [0.05, 0.1) is 5.69 Å². The molecule has 10 aromatic carbocycles. The zero-order chi connectivity index (χ0) is 43.3. The Morgan fingerprint density at radius 1 is 0.355 bits per heavy atom. The van der Waals surface area contributed by atoms with Crippen LogP contribution in [0.3, 0.4) is 0 Å². The summed E-state index contributed by atoms with van der Waals surface area (Å²) in [6.07, 6.45) is 0. The maximum atomic E-state index is 2.49. The third-order valence-corrected chi connectivity index (χ3v) is 13.4. The van der Waals surface area contributed by atoms with Crippen molar-refractivity contribution >= 4 is 70.9 Å². The molecule has 0 fully saturated rings. The van der Waals surface area contributed by atoms with Crippen LogP contribution in [0.25, 0.3) is 76.1 Å². The largest absolute Gasteiger partial charge is 0.309 e. The normalized spacial score (nSPS) is 12.7. The van der Waals surface area contributed by atoms with E-state index in [1.165, 1.54) is 104 Å². The van der Waals surface area contributed by atoms with Crippen molar-refractivity contribution in [2.75, 3.05) is 4.90 Å². The van der Waals surface area contributed by atoms with Gasteiger partial charge in [0.25, 0.3) is 0 Å². The lowest BCUT2D eigenvalue weighted by Crippen LogP contribution is -2.15. The van der Waals surface area contributed by atoms with E-state index in [-0.39, 0.29) is 16.2 Å². The van der Waals surface area contributed by atoms with Gasteiger partial charge >= 0.3 is 0 Å². The molecule has 0 aromatic heterocycles. The highest BCUT2D eigenvalue weighted by atomic mass is 15.1. The smallest absolute Gasteiger partial charge is 0.0618 e. The van der Waals surface area contributed by atoms with E-state index in [1.54, 1.807) is 0 Å². The molecule has 0 aliphatic heterocycles. The quantitative estimate of drug-likeness (QED) is 0.124. The molecule has 306 valence electrons. The maximum absolute atomic E-state index is 2.49. The van der Waals surface area contributed by atoms with E-state index in [4.69, 9.17) is 0 Å². The Bertz CT molecular complexity index is 3190. The van der Waals surface area contributed by atoms with Gasteiger partial charge in [0.1, 0.15) is 0 Å². The Labute approximate surface area is 368 Å². The van der Waals surface area contributed by atoms with Gasteiger partial charge in [-0.1, -0.05) is 196 Å². The molecule has 0 unspecified atom stereocenters. The average Bonchev–Trinajstić information content (AvgIpc) is 3.25. The van der Waals surface area contributed by atoms with E-state index in [9.17, 15) is 0 Å². The Kier molecular flexibility index (Phi) is 9.16. The van der Waals surface area contributed by atoms with Crippen LogP contribution in [0.15, 0.2) is 164 Å². The molecular formula is C61H57N. The second-order valence-corrected chi connectivity index (χ2v) is 20.7. The predicted octanol–water partition coefficient (Wildman–Crippen LogP) is 17.9. The molecule has 0 atom stereocenters. The molecule has 0 aliphatic carbocycles. The third kappa shape index (κ3) is 6.61. The number of fused-ring (bicyclic) bond motifs is 2. The van der Waals surface area contributed by atoms with E-state index in [0.717, 1.165) is 11.4 Å². The van der Waals surface area contributed by atoms with Crippen LogP contribution in [-0.2, 0) is 16.2 Å². The fourth-order valence-electron chi connectivity index (χ4n) is 9.89. The minimum atomic E-state index is 0.0553. The predicted molar refractivity (Wildman–Crippen MR) is 272 cm³/mol. The van der Waals surface area contributed by atoms with Gasteiger partial charge in [-0.25, -0.2) is 0 Å². The van der Waals surface area contributed by atoms with Gasteiger partial charge in [-0.3, -0.25) is 0 Å². The van der Waals surface area contributed by atoms with Crippen molar-refractivity contribution in [3.8, 4) is 22.3 Å². The summed E-state index contributed by atoms with van der Waals surface area (Å²) in [5.41, 5.74) is 14.0. The van der Waals surface area contributed by atoms with Gasteiger partial charge < -0.3 is 4.90 Å². The molecule has 0 amide bonds. The molecule has 0 radical (unpaired) electrons. The van der Waals surface area contributed by atoms with Crippen LogP contribution < -0.4 is 4.90 Å². The van der Waals surface area contributed by atoms with Crippen molar-refractivity contribution in [1.29, 1.82) is 0 Å². The number of benzene rings is 10. The molecule has 62 heavy (non-hydrogen) atoms. The summed E-state index contributed by atoms with van der Waals surface area (Å²) in [6.45, 7) is 22.9. The number of hydrogen-bond acceptors (Lipinski definition) is 1. The fraction of sp³-hybridized carbons (Fsp3) is 0.213. The van der Waals surface area contributed by atoms with E-state index in [0.29, 0.717) is 0 Å². The zero-order valence-electron chi connectivity index (χ0n) is 38.0. The van der Waals surface area contributed by atoms with E-state index >= 15 is 0 Å². The van der Waals surface area contributed by atoms with E-state index < -0.39 is 0 Å². The van der Waals surface area contributed by atoms with Gasteiger partial charge in [0, 0.05) is 22.1 Å². The van der Waals surface area contributed by atoms with E-state index in [2.05, 4.69) is 238 Å². The number of hydrogen-bond donors (Lipinski definition) is 0. The highest BCUT2D eigenvalue weighted by Gasteiger charge is 2.25. The Morgan fingerprint density at radius 2 is 0.823 bits per heavy atom. The minimum absolute atomic E-state index is 0.0553. The molecule has 0 N–H and O–H groups in total. The lowest BCUT2D eigenvalue weighted by atomic mass is 9.82. The lowest BCUT2D eigenvalue weighted by molar-refractivity contribution is 0.590. The molecule has 0 bridgehead atoms. The molecule has 0 saturated heterocycles. The number of nitrogens with zero attached hydrogens (tertiary/aromatic N) is 1. The highest BCUT2D eigenvalue weighted by Crippen LogP contribution is 2.50. The second-order valence-electron chi connectivity index (χ2n) is 20.7. The first kappa shape index (κ1) is 39.7. The summed E-state index contributed by atoms with van der Waals surface area (Å²) in [4.78, 5) is 2.49. The third-order valence-electron chi connectivity index (χ3n) is 13.4. The van der Waals surface area contributed by atoms with Gasteiger partial charge in [-0.15, -0.1) is 0 Å². The maximum Gasteiger partial charge on any atom is 0.0618 e. The van der Waals surface area contributed by atoms with Gasteiger partial charge in [0.15, 0.2) is 0 Å². The van der Waals surface area contributed by atoms with Crippen LogP contribution in [0, 0.1) is 6.92 Å². The molecule has 0 saturated carbocycles. The molecule has 10 aromatic rings. The topological polar surface area (TPSA) is 3.24 Å². The summed E-state index contributed by atoms with van der Waals surface area (Å²) in [7, 11) is 0. The van der Waals surface area contributed by atoms with Crippen molar-refractivity contribution < 1.29 is 0 Å². The van der Waals surface area contributed by atoms with Crippen LogP contribution in [0.2, 0.25) is 0 Å². The average molecular weight is 804 g/mol. The van der Waals surface area contributed by atoms with Crippen LogP contribution in [0.1, 0.15) is 84.6 Å². The van der Waals surface area contributed by atoms with Crippen LogP contribution >= 0.6 is 0 Å². The molecule has 0 spiro atoms. The Balaban J connectivity index is 1.20. The Morgan fingerprint density at radius 3 is 1.32 bits per heavy atom. The Hall–Kier alpha value is -6.44. The van der Waals surface area contributed by atoms with Crippen LogP contribution in [0.5, 0.6) is 0 Å². The zero-order valence-corrected chi connectivity index (χ0v) is 38.0. The summed E-state index contributed by atoms with van der Waals surface area (Å²) in [5.74, 6) is 0.